The van der Waals surface area contributed by atoms with Crippen molar-refractivity contribution in [2.45, 2.75) is 32.7 Å². The van der Waals surface area contributed by atoms with Crippen LogP contribution in [0.25, 0.3) is 22.2 Å². The van der Waals surface area contributed by atoms with Crippen LogP contribution < -0.4 is 5.32 Å². The first-order chi connectivity index (χ1) is 15.1. The van der Waals surface area contributed by atoms with E-state index >= 15 is 0 Å². The van der Waals surface area contributed by atoms with Gasteiger partial charge in [-0.15, -0.1) is 5.10 Å². The van der Waals surface area contributed by atoms with Crippen LogP contribution in [0.2, 0.25) is 0 Å². The van der Waals surface area contributed by atoms with Crippen molar-refractivity contribution < 1.29 is 0 Å². The third-order valence-corrected chi connectivity index (χ3v) is 5.70. The Morgan fingerprint density at radius 2 is 1.87 bits per heavy atom. The molecule has 0 aromatic carbocycles. The van der Waals surface area contributed by atoms with Crippen molar-refractivity contribution in [3.05, 3.63) is 54.6 Å². The highest BCUT2D eigenvalue weighted by atomic mass is 15.3. The molecular formula is C23H26N8. The lowest BCUT2D eigenvalue weighted by molar-refractivity contribution is 0.172. The highest BCUT2D eigenvalue weighted by molar-refractivity contribution is 5.81. The molecule has 0 spiro atoms. The van der Waals surface area contributed by atoms with Gasteiger partial charge in [0.15, 0.2) is 5.82 Å². The van der Waals surface area contributed by atoms with Gasteiger partial charge < -0.3 is 10.2 Å². The first-order valence-electron chi connectivity index (χ1n) is 10.8. The lowest BCUT2D eigenvalue weighted by Gasteiger charge is -2.30. The zero-order chi connectivity index (χ0) is 21.2. The fraction of sp³-hybridized carbons (Fsp3) is 0.348. The Bertz CT molecular complexity index is 1200. The average Bonchev–Trinajstić information content (AvgIpc) is 3.21. The molecule has 5 heterocycles. The van der Waals surface area contributed by atoms with Gasteiger partial charge in [0.2, 0.25) is 0 Å². The lowest BCUT2D eigenvalue weighted by Crippen LogP contribution is -2.39. The van der Waals surface area contributed by atoms with Gasteiger partial charge in [0.1, 0.15) is 5.82 Å². The van der Waals surface area contributed by atoms with Crippen molar-refractivity contribution >= 4 is 22.7 Å². The van der Waals surface area contributed by atoms with Crippen LogP contribution in [-0.2, 0) is 6.54 Å². The Labute approximate surface area is 181 Å². The number of pyridine rings is 2. The lowest BCUT2D eigenvalue weighted by atomic mass is 10.1. The van der Waals surface area contributed by atoms with Gasteiger partial charge in [-0.05, 0) is 55.3 Å². The van der Waals surface area contributed by atoms with E-state index in [1.807, 2.05) is 35.3 Å². The van der Waals surface area contributed by atoms with Gasteiger partial charge in [-0.25, -0.2) is 4.98 Å². The van der Waals surface area contributed by atoms with Crippen molar-refractivity contribution in [1.29, 1.82) is 0 Å². The molecule has 31 heavy (non-hydrogen) atoms. The standard InChI is InChI=1S/C23H26N8/c1-16(2)17-11-23(29-25-13-17)28-22-5-4-20-21(27-22)10-18(12-24-20)19-14-26-31(15-19)9-8-30-6-3-7-30/h4-5,10-16H,3,6-9H2,1-2H3,(H,27,28,29). The molecule has 0 radical (unpaired) electrons. The van der Waals surface area contributed by atoms with E-state index in [0.29, 0.717) is 17.6 Å². The summed E-state index contributed by atoms with van der Waals surface area (Å²) in [4.78, 5) is 11.8. The topological polar surface area (TPSA) is 84.7 Å². The van der Waals surface area contributed by atoms with Gasteiger partial charge >= 0.3 is 0 Å². The van der Waals surface area contributed by atoms with Crippen LogP contribution in [0.4, 0.5) is 11.6 Å². The van der Waals surface area contributed by atoms with E-state index < -0.39 is 0 Å². The molecule has 0 bridgehead atoms. The predicted octanol–water partition coefficient (Wildman–Crippen LogP) is 3.86. The monoisotopic (exact) mass is 414 g/mol. The van der Waals surface area contributed by atoms with Gasteiger partial charge in [0.05, 0.1) is 30.0 Å². The van der Waals surface area contributed by atoms with E-state index in [2.05, 4.69) is 56.6 Å². The summed E-state index contributed by atoms with van der Waals surface area (Å²) in [5.41, 5.74) is 4.86. The Balaban J connectivity index is 1.35. The number of hydrogen-bond donors (Lipinski definition) is 1. The first kappa shape index (κ1) is 19.6. The Kier molecular flexibility index (Phi) is 5.30. The molecule has 8 heteroatoms. The number of anilines is 2. The maximum Gasteiger partial charge on any atom is 0.154 e. The van der Waals surface area contributed by atoms with Gasteiger partial charge in [-0.1, -0.05) is 13.8 Å². The molecule has 4 aromatic rings. The summed E-state index contributed by atoms with van der Waals surface area (Å²) < 4.78 is 2.00. The molecule has 0 saturated carbocycles. The summed E-state index contributed by atoms with van der Waals surface area (Å²) in [6.07, 6.45) is 8.97. The number of fused-ring (bicyclic) bond motifs is 1. The van der Waals surface area contributed by atoms with Crippen LogP contribution in [0.5, 0.6) is 0 Å². The zero-order valence-corrected chi connectivity index (χ0v) is 17.9. The normalized spacial score (nSPS) is 14.2. The highest BCUT2D eigenvalue weighted by Gasteiger charge is 2.13. The summed E-state index contributed by atoms with van der Waals surface area (Å²) in [6, 6.07) is 7.94. The van der Waals surface area contributed by atoms with E-state index in [0.717, 1.165) is 40.8 Å². The molecule has 1 aliphatic heterocycles. The molecule has 5 rings (SSSR count). The molecular weight excluding hydrogens is 388 g/mol. The average molecular weight is 415 g/mol. The summed E-state index contributed by atoms with van der Waals surface area (Å²) in [5.74, 6) is 1.79. The highest BCUT2D eigenvalue weighted by Crippen LogP contribution is 2.24. The molecule has 4 aromatic heterocycles. The molecule has 0 atom stereocenters. The van der Waals surface area contributed by atoms with E-state index in [-0.39, 0.29) is 0 Å². The number of rotatable bonds is 7. The van der Waals surface area contributed by atoms with Gasteiger partial charge in [0.25, 0.3) is 0 Å². The third kappa shape index (κ3) is 4.39. The maximum atomic E-state index is 4.74. The summed E-state index contributed by atoms with van der Waals surface area (Å²) in [6.45, 7) is 8.64. The second-order valence-corrected chi connectivity index (χ2v) is 8.30. The summed E-state index contributed by atoms with van der Waals surface area (Å²) in [7, 11) is 0. The molecule has 1 N–H and O–H groups in total. The zero-order valence-electron chi connectivity index (χ0n) is 17.9. The van der Waals surface area contributed by atoms with Crippen molar-refractivity contribution in [2.24, 2.45) is 0 Å². The van der Waals surface area contributed by atoms with Gasteiger partial charge in [-0.3, -0.25) is 9.67 Å². The molecule has 8 nitrogen and oxygen atoms in total. The SMILES string of the molecule is CC(C)c1cnnc(Nc2ccc3ncc(-c4cnn(CCN5CCC5)c4)cc3n2)c1. The van der Waals surface area contributed by atoms with Crippen molar-refractivity contribution in [3.63, 3.8) is 0 Å². The van der Waals surface area contributed by atoms with E-state index in [1.165, 1.54) is 19.5 Å². The fourth-order valence-corrected chi connectivity index (χ4v) is 3.61. The fourth-order valence-electron chi connectivity index (χ4n) is 3.61. The van der Waals surface area contributed by atoms with Crippen LogP contribution >= 0.6 is 0 Å². The van der Waals surface area contributed by atoms with Crippen molar-refractivity contribution in [2.75, 3.05) is 25.0 Å². The second kappa shape index (κ2) is 8.39. The molecule has 0 unspecified atom stereocenters. The number of aromatic nitrogens is 6. The smallest absolute Gasteiger partial charge is 0.154 e. The van der Waals surface area contributed by atoms with Gasteiger partial charge in [0, 0.05) is 30.1 Å². The quantitative estimate of drug-likeness (QED) is 0.491. The van der Waals surface area contributed by atoms with Crippen LogP contribution in [0.15, 0.2) is 49.1 Å². The minimum atomic E-state index is 0.388. The third-order valence-electron chi connectivity index (χ3n) is 5.70. The summed E-state index contributed by atoms with van der Waals surface area (Å²) in [5, 5.41) is 16.0. The van der Waals surface area contributed by atoms with Gasteiger partial charge in [-0.2, -0.15) is 10.2 Å². The predicted molar refractivity (Wildman–Crippen MR) is 121 cm³/mol. The maximum absolute atomic E-state index is 4.74. The molecule has 158 valence electrons. The largest absolute Gasteiger partial charge is 0.323 e. The van der Waals surface area contributed by atoms with Crippen molar-refractivity contribution in [3.8, 4) is 11.1 Å². The van der Waals surface area contributed by atoms with Crippen LogP contribution in [0.1, 0.15) is 31.7 Å². The molecule has 0 aliphatic carbocycles. The Morgan fingerprint density at radius 3 is 2.68 bits per heavy atom. The molecule has 1 saturated heterocycles. The van der Waals surface area contributed by atoms with E-state index in [1.54, 1.807) is 6.20 Å². The minimum absolute atomic E-state index is 0.388. The number of likely N-dealkylation sites (tertiary alicyclic amines) is 1. The van der Waals surface area contributed by atoms with Crippen molar-refractivity contribution in [1.82, 2.24) is 34.8 Å². The second-order valence-electron chi connectivity index (χ2n) is 8.30. The van der Waals surface area contributed by atoms with Crippen LogP contribution in [-0.4, -0.2) is 54.5 Å². The summed E-state index contributed by atoms with van der Waals surface area (Å²) >= 11 is 0. The Hall–Kier alpha value is -3.39. The van der Waals surface area contributed by atoms with E-state index in [9.17, 15) is 0 Å². The first-order valence-corrected chi connectivity index (χ1v) is 10.8. The minimum Gasteiger partial charge on any atom is -0.323 e. The molecule has 0 amide bonds. The van der Waals surface area contributed by atoms with Crippen LogP contribution in [0.3, 0.4) is 0 Å². The number of hydrogen-bond acceptors (Lipinski definition) is 7. The molecule has 1 aliphatic rings. The number of nitrogens with zero attached hydrogens (tertiary/aromatic N) is 7. The molecule has 1 fully saturated rings. The number of nitrogens with one attached hydrogen (secondary N) is 1. The van der Waals surface area contributed by atoms with E-state index in [4.69, 9.17) is 4.98 Å². The Morgan fingerprint density at radius 1 is 0.968 bits per heavy atom. The van der Waals surface area contributed by atoms with Crippen LogP contribution in [0, 0.1) is 0 Å².